The van der Waals surface area contributed by atoms with Crippen molar-refractivity contribution in [3.63, 3.8) is 0 Å². The summed E-state index contributed by atoms with van der Waals surface area (Å²) in [4.78, 5) is 7.00. The minimum absolute atomic E-state index is 0.299. The van der Waals surface area contributed by atoms with Gasteiger partial charge in [-0.05, 0) is 67.3 Å². The highest BCUT2D eigenvalue weighted by Crippen LogP contribution is 2.32. The van der Waals surface area contributed by atoms with Crippen LogP contribution in [0.5, 0.6) is 11.5 Å². The van der Waals surface area contributed by atoms with Crippen LogP contribution in [0.4, 0.5) is 11.4 Å². The van der Waals surface area contributed by atoms with Gasteiger partial charge in [-0.3, -0.25) is 4.99 Å². The third-order valence-electron chi connectivity index (χ3n) is 4.33. The van der Waals surface area contributed by atoms with Gasteiger partial charge in [0, 0.05) is 25.0 Å². The van der Waals surface area contributed by atoms with Crippen molar-refractivity contribution in [2.24, 2.45) is 4.99 Å². The lowest BCUT2D eigenvalue weighted by Gasteiger charge is -2.28. The van der Waals surface area contributed by atoms with Crippen LogP contribution in [0.25, 0.3) is 0 Å². The molecule has 0 aliphatic carbocycles. The van der Waals surface area contributed by atoms with Gasteiger partial charge < -0.3 is 14.4 Å². The standard InChI is InChI=1S/C19H20N2O2/c1-2-10-21(11-3-1)17-7-5-16(6-8-17)20-13-15-4-9-18-19(12-15)23-14-22-18/h4-9,12-13H,1-3,10-11,14H2. The Balaban J connectivity index is 1.46. The fourth-order valence-electron chi connectivity index (χ4n) is 3.04. The third kappa shape index (κ3) is 3.16. The first kappa shape index (κ1) is 14.1. The van der Waals surface area contributed by atoms with Gasteiger partial charge >= 0.3 is 0 Å². The van der Waals surface area contributed by atoms with Crippen molar-refractivity contribution in [2.75, 3.05) is 24.8 Å². The molecule has 2 aromatic carbocycles. The molecule has 2 aliphatic rings. The molecule has 0 saturated carbocycles. The third-order valence-corrected chi connectivity index (χ3v) is 4.33. The molecule has 1 fully saturated rings. The van der Waals surface area contributed by atoms with Crippen LogP contribution < -0.4 is 14.4 Å². The Hall–Kier alpha value is -2.49. The van der Waals surface area contributed by atoms with Crippen molar-refractivity contribution in [3.05, 3.63) is 48.0 Å². The number of aliphatic imine (C=N–C) groups is 1. The van der Waals surface area contributed by atoms with Crippen LogP contribution in [0.3, 0.4) is 0 Å². The Bertz CT molecular complexity index is 704. The zero-order chi connectivity index (χ0) is 15.5. The summed E-state index contributed by atoms with van der Waals surface area (Å²) in [5.74, 6) is 1.59. The van der Waals surface area contributed by atoms with Crippen molar-refractivity contribution in [1.82, 2.24) is 0 Å². The molecular formula is C19H20N2O2. The fraction of sp³-hybridized carbons (Fsp3) is 0.316. The first-order valence-corrected chi connectivity index (χ1v) is 8.17. The topological polar surface area (TPSA) is 34.1 Å². The summed E-state index contributed by atoms with van der Waals surface area (Å²) >= 11 is 0. The quantitative estimate of drug-likeness (QED) is 0.799. The number of ether oxygens (including phenoxy) is 2. The van der Waals surface area contributed by atoms with Crippen molar-refractivity contribution < 1.29 is 9.47 Å². The van der Waals surface area contributed by atoms with Gasteiger partial charge in [0.2, 0.25) is 6.79 Å². The molecule has 1 saturated heterocycles. The maximum Gasteiger partial charge on any atom is 0.231 e. The molecular weight excluding hydrogens is 288 g/mol. The number of fused-ring (bicyclic) bond motifs is 1. The van der Waals surface area contributed by atoms with Gasteiger partial charge in [0.15, 0.2) is 11.5 Å². The highest BCUT2D eigenvalue weighted by molar-refractivity contribution is 5.83. The van der Waals surface area contributed by atoms with E-state index in [9.17, 15) is 0 Å². The summed E-state index contributed by atoms with van der Waals surface area (Å²) in [5.41, 5.74) is 3.27. The molecule has 2 heterocycles. The number of piperidine rings is 1. The van der Waals surface area contributed by atoms with E-state index in [4.69, 9.17) is 9.47 Å². The summed E-state index contributed by atoms with van der Waals surface area (Å²) in [5, 5.41) is 0. The van der Waals surface area contributed by atoms with Gasteiger partial charge in [-0.25, -0.2) is 0 Å². The molecule has 2 aliphatic heterocycles. The van der Waals surface area contributed by atoms with Gasteiger partial charge in [0.25, 0.3) is 0 Å². The second-order valence-electron chi connectivity index (χ2n) is 5.94. The summed E-state index contributed by atoms with van der Waals surface area (Å²) in [6.07, 6.45) is 5.81. The molecule has 118 valence electrons. The van der Waals surface area contributed by atoms with E-state index in [0.29, 0.717) is 6.79 Å². The van der Waals surface area contributed by atoms with E-state index in [2.05, 4.69) is 34.2 Å². The van der Waals surface area contributed by atoms with Crippen LogP contribution in [0.15, 0.2) is 47.5 Å². The lowest BCUT2D eigenvalue weighted by Crippen LogP contribution is -2.29. The fourth-order valence-corrected chi connectivity index (χ4v) is 3.04. The summed E-state index contributed by atoms with van der Waals surface area (Å²) in [6, 6.07) is 14.3. The second kappa shape index (κ2) is 6.32. The Morgan fingerprint density at radius 2 is 1.65 bits per heavy atom. The van der Waals surface area contributed by atoms with E-state index in [1.165, 1.54) is 38.0 Å². The largest absolute Gasteiger partial charge is 0.454 e. The molecule has 0 amide bonds. The van der Waals surface area contributed by atoms with Crippen LogP contribution in [0.2, 0.25) is 0 Å². The van der Waals surface area contributed by atoms with Crippen LogP contribution in [-0.4, -0.2) is 26.1 Å². The second-order valence-corrected chi connectivity index (χ2v) is 5.94. The van der Waals surface area contributed by atoms with Crippen molar-refractivity contribution in [1.29, 1.82) is 0 Å². The van der Waals surface area contributed by atoms with E-state index in [-0.39, 0.29) is 0 Å². The Kier molecular flexibility index (Phi) is 3.88. The lowest BCUT2D eigenvalue weighted by atomic mass is 10.1. The highest BCUT2D eigenvalue weighted by Gasteiger charge is 2.12. The number of hydrogen-bond acceptors (Lipinski definition) is 4. The normalized spacial score (nSPS) is 17.0. The molecule has 0 unspecified atom stereocenters. The minimum atomic E-state index is 0.299. The molecule has 0 bridgehead atoms. The maximum atomic E-state index is 5.38. The van der Waals surface area contributed by atoms with Crippen LogP contribution >= 0.6 is 0 Å². The average molecular weight is 308 g/mol. The number of hydrogen-bond donors (Lipinski definition) is 0. The summed E-state index contributed by atoms with van der Waals surface area (Å²) < 4.78 is 10.7. The number of benzene rings is 2. The minimum Gasteiger partial charge on any atom is -0.454 e. The molecule has 0 radical (unpaired) electrons. The summed E-state index contributed by atoms with van der Waals surface area (Å²) in [6.45, 7) is 2.63. The first-order chi connectivity index (χ1) is 11.4. The summed E-state index contributed by atoms with van der Waals surface area (Å²) in [7, 11) is 0. The Morgan fingerprint density at radius 3 is 2.48 bits per heavy atom. The molecule has 23 heavy (non-hydrogen) atoms. The monoisotopic (exact) mass is 308 g/mol. The Morgan fingerprint density at radius 1 is 0.870 bits per heavy atom. The molecule has 4 nitrogen and oxygen atoms in total. The molecule has 4 rings (SSSR count). The van der Waals surface area contributed by atoms with Gasteiger partial charge in [-0.1, -0.05) is 0 Å². The predicted octanol–water partition coefficient (Wildman–Crippen LogP) is 4.16. The Labute approximate surface area is 136 Å². The predicted molar refractivity (Wildman–Crippen MR) is 92.3 cm³/mol. The van der Waals surface area contributed by atoms with Crippen LogP contribution in [-0.2, 0) is 0 Å². The van der Waals surface area contributed by atoms with Gasteiger partial charge in [0.05, 0.1) is 5.69 Å². The zero-order valence-corrected chi connectivity index (χ0v) is 13.1. The van der Waals surface area contributed by atoms with E-state index < -0.39 is 0 Å². The average Bonchev–Trinajstić information content (AvgIpc) is 3.09. The number of rotatable bonds is 3. The van der Waals surface area contributed by atoms with Gasteiger partial charge in [0.1, 0.15) is 0 Å². The number of nitrogens with zero attached hydrogens (tertiary/aromatic N) is 2. The lowest BCUT2D eigenvalue weighted by molar-refractivity contribution is 0.174. The van der Waals surface area contributed by atoms with Crippen molar-refractivity contribution >= 4 is 17.6 Å². The molecule has 0 aromatic heterocycles. The van der Waals surface area contributed by atoms with Gasteiger partial charge in [-0.2, -0.15) is 0 Å². The molecule has 0 spiro atoms. The molecule has 0 N–H and O–H groups in total. The van der Waals surface area contributed by atoms with Crippen LogP contribution in [0, 0.1) is 0 Å². The first-order valence-electron chi connectivity index (χ1n) is 8.17. The van der Waals surface area contributed by atoms with E-state index >= 15 is 0 Å². The maximum absolute atomic E-state index is 5.38. The van der Waals surface area contributed by atoms with Crippen molar-refractivity contribution in [2.45, 2.75) is 19.3 Å². The molecule has 0 atom stereocenters. The van der Waals surface area contributed by atoms with Gasteiger partial charge in [-0.15, -0.1) is 0 Å². The van der Waals surface area contributed by atoms with E-state index in [1.807, 2.05) is 24.4 Å². The SMILES string of the molecule is C(=Nc1ccc(N2CCCCC2)cc1)c1ccc2c(c1)OCO2. The van der Waals surface area contributed by atoms with E-state index in [1.54, 1.807) is 0 Å². The number of anilines is 1. The van der Waals surface area contributed by atoms with E-state index in [0.717, 1.165) is 22.7 Å². The van der Waals surface area contributed by atoms with Crippen molar-refractivity contribution in [3.8, 4) is 11.5 Å². The van der Waals surface area contributed by atoms with Crippen LogP contribution in [0.1, 0.15) is 24.8 Å². The highest BCUT2D eigenvalue weighted by atomic mass is 16.7. The smallest absolute Gasteiger partial charge is 0.231 e. The molecule has 2 aromatic rings. The zero-order valence-electron chi connectivity index (χ0n) is 13.1. The molecule has 4 heteroatoms.